The molecule has 1 aromatic carbocycles. The van der Waals surface area contributed by atoms with E-state index in [9.17, 15) is 0 Å². The molecule has 0 aliphatic rings. The van der Waals surface area contributed by atoms with Gasteiger partial charge < -0.3 is 10.6 Å². The summed E-state index contributed by atoms with van der Waals surface area (Å²) >= 11 is 0. The van der Waals surface area contributed by atoms with Crippen molar-refractivity contribution in [1.82, 2.24) is 10.6 Å². The summed E-state index contributed by atoms with van der Waals surface area (Å²) < 4.78 is 0. The number of benzene rings is 1. The maximum atomic E-state index is 3.54. The van der Waals surface area contributed by atoms with Gasteiger partial charge >= 0.3 is 0 Å². The molecule has 0 fully saturated rings. The van der Waals surface area contributed by atoms with Crippen LogP contribution < -0.4 is 10.6 Å². The Labute approximate surface area is 147 Å². The van der Waals surface area contributed by atoms with Crippen molar-refractivity contribution in [2.45, 2.75) is 70.4 Å². The first-order valence-electron chi connectivity index (χ1n) is 9.89. The zero-order chi connectivity index (χ0) is 16.4. The van der Waals surface area contributed by atoms with Crippen LogP contribution in [-0.2, 0) is 6.54 Å². The molecule has 23 heavy (non-hydrogen) atoms. The fourth-order valence-corrected chi connectivity index (χ4v) is 3.17. The van der Waals surface area contributed by atoms with Crippen molar-refractivity contribution in [3.63, 3.8) is 0 Å². The molecule has 0 radical (unpaired) electrons. The molecule has 3 heteroatoms. The molecule has 0 saturated carbocycles. The third-order valence-corrected chi connectivity index (χ3v) is 5.04. The van der Waals surface area contributed by atoms with E-state index >= 15 is 0 Å². The van der Waals surface area contributed by atoms with Crippen LogP contribution in [0.2, 0.25) is 6.04 Å². The van der Waals surface area contributed by atoms with Gasteiger partial charge in [-0.2, -0.15) is 0 Å². The van der Waals surface area contributed by atoms with Gasteiger partial charge in [-0.15, -0.1) is 0 Å². The van der Waals surface area contributed by atoms with Crippen molar-refractivity contribution in [1.29, 1.82) is 0 Å². The molecule has 0 saturated heterocycles. The van der Waals surface area contributed by atoms with Crippen molar-refractivity contribution in [2.24, 2.45) is 0 Å². The van der Waals surface area contributed by atoms with E-state index in [1.807, 2.05) is 0 Å². The number of hydrogen-bond acceptors (Lipinski definition) is 2. The zero-order valence-corrected chi connectivity index (χ0v) is 17.3. The van der Waals surface area contributed by atoms with Gasteiger partial charge in [0.15, 0.2) is 0 Å². The average molecular weight is 335 g/mol. The molecule has 0 aliphatic carbocycles. The molecule has 0 amide bonds. The van der Waals surface area contributed by atoms with Crippen molar-refractivity contribution in [3.8, 4) is 0 Å². The van der Waals surface area contributed by atoms with Crippen LogP contribution in [0.1, 0.15) is 63.4 Å². The summed E-state index contributed by atoms with van der Waals surface area (Å²) in [6, 6.07) is 12.1. The van der Waals surface area contributed by atoms with Gasteiger partial charge in [-0.25, -0.2) is 0 Å². The van der Waals surface area contributed by atoms with Gasteiger partial charge in [-0.3, -0.25) is 0 Å². The Kier molecular flexibility index (Phi) is 14.4. The first-order chi connectivity index (χ1) is 11.4. The molecule has 0 aliphatic heterocycles. The summed E-state index contributed by atoms with van der Waals surface area (Å²) in [6.45, 7) is 4.63. The van der Waals surface area contributed by atoms with Crippen LogP contribution >= 0.6 is 0 Å². The monoisotopic (exact) mass is 334 g/mol. The normalized spacial score (nSPS) is 11.1. The fourth-order valence-electron chi connectivity index (χ4n) is 2.82. The molecular formula is C20H38N2Si. The van der Waals surface area contributed by atoms with Gasteiger partial charge in [-0.1, -0.05) is 74.9 Å². The minimum absolute atomic E-state index is 1.01. The van der Waals surface area contributed by atoms with Gasteiger partial charge in [0, 0.05) is 16.8 Å². The highest BCUT2D eigenvalue weighted by molar-refractivity contribution is 6.08. The number of hydrogen-bond donors (Lipinski definition) is 2. The average Bonchev–Trinajstić information content (AvgIpc) is 2.59. The third-order valence-electron chi connectivity index (χ3n) is 4.34. The minimum Gasteiger partial charge on any atom is -0.317 e. The minimum atomic E-state index is 1.01. The van der Waals surface area contributed by atoms with E-state index in [0.717, 1.165) is 13.1 Å². The Balaban J connectivity index is 1.72. The van der Waals surface area contributed by atoms with E-state index in [2.05, 4.69) is 41.0 Å². The lowest BCUT2D eigenvalue weighted by atomic mass is 10.1. The maximum Gasteiger partial charge on any atom is 0.0205 e. The van der Waals surface area contributed by atoms with E-state index < -0.39 is 0 Å². The Morgan fingerprint density at radius 1 is 0.609 bits per heavy atom. The Morgan fingerprint density at radius 2 is 1.13 bits per heavy atom. The highest BCUT2D eigenvalue weighted by atomic mass is 28.1. The van der Waals surface area contributed by atoms with Crippen LogP contribution in [0.15, 0.2) is 30.3 Å². The van der Waals surface area contributed by atoms with Gasteiger partial charge in [0.25, 0.3) is 0 Å². The van der Waals surface area contributed by atoms with Crippen molar-refractivity contribution < 1.29 is 0 Å². The molecule has 1 aromatic rings. The first-order valence-corrected chi connectivity index (χ1v) is 11.3. The summed E-state index contributed by atoms with van der Waals surface area (Å²) in [5, 5.41) is 7.08. The Morgan fingerprint density at radius 3 is 1.74 bits per heavy atom. The lowest BCUT2D eigenvalue weighted by molar-refractivity contribution is 0.540. The van der Waals surface area contributed by atoms with Gasteiger partial charge in [-0.05, 0) is 44.5 Å². The molecular weight excluding hydrogens is 296 g/mol. The molecule has 0 spiro atoms. The topological polar surface area (TPSA) is 24.1 Å². The SMILES string of the molecule is [SiH3]CCCNCCCCCCCCCCNCc1ccccc1. The van der Waals surface area contributed by atoms with Gasteiger partial charge in [0.1, 0.15) is 0 Å². The van der Waals surface area contributed by atoms with Crippen molar-refractivity contribution >= 4 is 10.2 Å². The summed E-state index contributed by atoms with van der Waals surface area (Å²) in [5.74, 6) is 0. The van der Waals surface area contributed by atoms with Gasteiger partial charge in [0.05, 0.1) is 0 Å². The highest BCUT2D eigenvalue weighted by Crippen LogP contribution is 2.08. The molecule has 0 unspecified atom stereocenters. The lowest BCUT2D eigenvalue weighted by Gasteiger charge is -2.05. The first kappa shape index (κ1) is 20.4. The lowest BCUT2D eigenvalue weighted by Crippen LogP contribution is -2.16. The molecule has 0 heterocycles. The maximum absolute atomic E-state index is 3.54. The number of nitrogens with one attached hydrogen (secondary N) is 2. The second-order valence-electron chi connectivity index (χ2n) is 6.59. The van der Waals surface area contributed by atoms with Crippen molar-refractivity contribution in [3.05, 3.63) is 35.9 Å². The predicted octanol–water partition coefficient (Wildman–Crippen LogP) is 3.66. The summed E-state index contributed by atoms with van der Waals surface area (Å²) in [5.41, 5.74) is 1.39. The molecule has 1 rings (SSSR count). The number of rotatable bonds is 16. The summed E-state index contributed by atoms with van der Waals surface area (Å²) in [7, 11) is 1.36. The number of unbranched alkanes of at least 4 members (excludes halogenated alkanes) is 7. The quantitative estimate of drug-likeness (QED) is 0.356. The second-order valence-corrected chi connectivity index (χ2v) is 7.59. The molecule has 2 N–H and O–H groups in total. The molecule has 2 nitrogen and oxygen atoms in total. The molecule has 0 aromatic heterocycles. The van der Waals surface area contributed by atoms with Crippen LogP contribution in [0.3, 0.4) is 0 Å². The Hall–Kier alpha value is -0.643. The largest absolute Gasteiger partial charge is 0.317 e. The molecule has 0 bridgehead atoms. The Bertz CT molecular complexity index is 343. The van der Waals surface area contributed by atoms with Crippen LogP contribution in [0, 0.1) is 0 Å². The van der Waals surface area contributed by atoms with Gasteiger partial charge in [0.2, 0.25) is 0 Å². The highest BCUT2D eigenvalue weighted by Gasteiger charge is 1.94. The zero-order valence-electron chi connectivity index (χ0n) is 15.3. The summed E-state index contributed by atoms with van der Waals surface area (Å²) in [6.07, 6.45) is 12.5. The fraction of sp³-hybridized carbons (Fsp3) is 0.700. The van der Waals surface area contributed by atoms with Crippen LogP contribution in [-0.4, -0.2) is 29.9 Å². The molecule has 0 atom stereocenters. The van der Waals surface area contributed by atoms with E-state index in [1.54, 1.807) is 0 Å². The van der Waals surface area contributed by atoms with Crippen LogP contribution in [0.5, 0.6) is 0 Å². The van der Waals surface area contributed by atoms with E-state index in [1.165, 1.54) is 92.7 Å². The van der Waals surface area contributed by atoms with Crippen LogP contribution in [0.4, 0.5) is 0 Å². The predicted molar refractivity (Wildman–Crippen MR) is 107 cm³/mol. The van der Waals surface area contributed by atoms with Crippen LogP contribution in [0.25, 0.3) is 0 Å². The van der Waals surface area contributed by atoms with E-state index in [4.69, 9.17) is 0 Å². The second kappa shape index (κ2) is 16.2. The van der Waals surface area contributed by atoms with E-state index in [-0.39, 0.29) is 0 Å². The third kappa shape index (κ3) is 13.5. The smallest absolute Gasteiger partial charge is 0.0205 e. The molecule has 132 valence electrons. The van der Waals surface area contributed by atoms with Crippen molar-refractivity contribution in [2.75, 3.05) is 19.6 Å². The standard InChI is InChI=1S/C20H38N2Si/c23-18-12-17-21-15-10-5-3-1-2-4-6-11-16-22-19-20-13-8-7-9-14-20/h7-9,13-14,21-22H,1-6,10-12,15-19H2,23H3. The van der Waals surface area contributed by atoms with E-state index in [0.29, 0.717) is 0 Å². The summed E-state index contributed by atoms with van der Waals surface area (Å²) in [4.78, 5) is 0.